The molecule has 0 spiro atoms. The van der Waals surface area contributed by atoms with Gasteiger partial charge in [-0.2, -0.15) is 5.26 Å². The van der Waals surface area contributed by atoms with Crippen LogP contribution in [0.3, 0.4) is 0 Å². The van der Waals surface area contributed by atoms with Crippen LogP contribution >= 0.6 is 43.6 Å². The second-order valence-corrected chi connectivity index (χ2v) is 10.6. The van der Waals surface area contributed by atoms with Crippen molar-refractivity contribution in [3.05, 3.63) is 96.8 Å². The third kappa shape index (κ3) is 6.19. The van der Waals surface area contributed by atoms with Crippen molar-refractivity contribution in [2.45, 2.75) is 13.5 Å². The van der Waals surface area contributed by atoms with Crippen molar-refractivity contribution in [3.8, 4) is 17.6 Å². The van der Waals surface area contributed by atoms with Crippen molar-refractivity contribution in [2.24, 2.45) is 0 Å². The molecule has 0 bridgehead atoms. The lowest BCUT2D eigenvalue weighted by atomic mass is 10.1. The molecule has 1 aliphatic heterocycles. The van der Waals surface area contributed by atoms with E-state index in [9.17, 15) is 14.9 Å². The van der Waals surface area contributed by atoms with Gasteiger partial charge in [-0.3, -0.25) is 14.5 Å². The van der Waals surface area contributed by atoms with E-state index in [0.717, 1.165) is 28.5 Å². The van der Waals surface area contributed by atoms with Crippen LogP contribution in [0.4, 0.5) is 4.79 Å². The fraction of sp³-hybridized carbons (Fsp3) is 0.148. The Morgan fingerprint density at radius 1 is 1.03 bits per heavy atom. The lowest BCUT2D eigenvalue weighted by Gasteiger charge is -2.13. The zero-order chi connectivity index (χ0) is 25.7. The number of hydrogen-bond acceptors (Lipinski definition) is 6. The van der Waals surface area contributed by atoms with E-state index < -0.39 is 0 Å². The third-order valence-electron chi connectivity index (χ3n) is 5.31. The highest BCUT2D eigenvalue weighted by atomic mass is 79.9. The van der Waals surface area contributed by atoms with Crippen LogP contribution in [0.1, 0.15) is 22.3 Å². The highest BCUT2D eigenvalue weighted by Crippen LogP contribution is 2.38. The minimum absolute atomic E-state index is 0.167. The van der Waals surface area contributed by atoms with Crippen LogP contribution in [-0.2, 0) is 11.4 Å². The Morgan fingerprint density at radius 2 is 1.72 bits per heavy atom. The summed E-state index contributed by atoms with van der Waals surface area (Å²) in [5.41, 5.74) is 3.19. The molecule has 0 N–H and O–H groups in total. The molecule has 3 aromatic carbocycles. The molecule has 3 aromatic rings. The number of nitriles is 1. The van der Waals surface area contributed by atoms with E-state index in [1.165, 1.54) is 4.90 Å². The van der Waals surface area contributed by atoms with Gasteiger partial charge in [0.05, 0.1) is 32.0 Å². The van der Waals surface area contributed by atoms with Gasteiger partial charge in [0.25, 0.3) is 11.1 Å². The van der Waals surface area contributed by atoms with E-state index in [0.29, 0.717) is 30.9 Å². The van der Waals surface area contributed by atoms with Crippen molar-refractivity contribution >= 4 is 60.8 Å². The number of nitrogens with zero attached hydrogens (tertiary/aromatic N) is 2. The summed E-state index contributed by atoms with van der Waals surface area (Å²) in [7, 11) is 0. The number of hydrogen-bond donors (Lipinski definition) is 0. The van der Waals surface area contributed by atoms with Crippen LogP contribution in [0.2, 0.25) is 0 Å². The fourth-order valence-electron chi connectivity index (χ4n) is 3.44. The predicted molar refractivity (Wildman–Crippen MR) is 147 cm³/mol. The first-order valence-corrected chi connectivity index (χ1v) is 13.3. The van der Waals surface area contributed by atoms with Gasteiger partial charge in [-0.25, -0.2) is 0 Å². The number of amides is 2. The molecule has 0 radical (unpaired) electrons. The molecule has 1 heterocycles. The van der Waals surface area contributed by atoms with Gasteiger partial charge in [0.1, 0.15) is 24.7 Å². The molecule has 0 atom stereocenters. The number of thioether (sulfide) groups is 1. The van der Waals surface area contributed by atoms with Gasteiger partial charge >= 0.3 is 0 Å². The molecular weight excluding hydrogens is 608 g/mol. The molecule has 1 fully saturated rings. The van der Waals surface area contributed by atoms with Crippen LogP contribution in [0.25, 0.3) is 6.08 Å². The van der Waals surface area contributed by atoms with E-state index in [2.05, 4.69) is 37.9 Å². The Balaban J connectivity index is 1.42. The average molecular weight is 628 g/mol. The van der Waals surface area contributed by atoms with E-state index in [-0.39, 0.29) is 30.9 Å². The van der Waals surface area contributed by atoms with Gasteiger partial charge < -0.3 is 9.47 Å². The predicted octanol–water partition coefficient (Wildman–Crippen LogP) is 7.09. The summed E-state index contributed by atoms with van der Waals surface area (Å²) in [6.45, 7) is 2.60. The second-order valence-electron chi connectivity index (χ2n) is 7.87. The normalized spacial score (nSPS) is 14.3. The Hall–Kier alpha value is -3.06. The maximum atomic E-state index is 12.8. The first kappa shape index (κ1) is 26.0. The van der Waals surface area contributed by atoms with Crippen LogP contribution in [0, 0.1) is 18.3 Å². The molecule has 9 heteroatoms. The van der Waals surface area contributed by atoms with E-state index in [4.69, 9.17) is 9.47 Å². The summed E-state index contributed by atoms with van der Waals surface area (Å²) in [5, 5.41) is 8.94. The summed E-state index contributed by atoms with van der Waals surface area (Å²) in [5.74, 6) is 0.913. The van der Waals surface area contributed by atoms with Gasteiger partial charge in [-0.15, -0.1) is 0 Å². The summed E-state index contributed by atoms with van der Waals surface area (Å²) in [6.07, 6.45) is 1.68. The van der Waals surface area contributed by atoms with E-state index >= 15 is 0 Å². The van der Waals surface area contributed by atoms with E-state index in [1.807, 2.05) is 55.5 Å². The first-order chi connectivity index (χ1) is 17.4. The van der Waals surface area contributed by atoms with Crippen LogP contribution in [0.5, 0.6) is 11.5 Å². The summed E-state index contributed by atoms with van der Waals surface area (Å²) in [6, 6.07) is 20.6. The van der Waals surface area contributed by atoms with Crippen molar-refractivity contribution in [2.75, 3.05) is 13.2 Å². The van der Waals surface area contributed by atoms with Gasteiger partial charge in [0.2, 0.25) is 0 Å². The summed E-state index contributed by atoms with van der Waals surface area (Å²) in [4.78, 5) is 26.8. The maximum Gasteiger partial charge on any atom is 0.293 e. The fourth-order valence-corrected chi connectivity index (χ4v) is 5.76. The zero-order valence-corrected chi connectivity index (χ0v) is 23.2. The monoisotopic (exact) mass is 626 g/mol. The number of carbonyl (C=O) groups excluding carboxylic acids is 2. The maximum absolute atomic E-state index is 12.8. The molecule has 2 amide bonds. The minimum Gasteiger partial charge on any atom is -0.492 e. The highest BCUT2D eigenvalue weighted by molar-refractivity contribution is 9.11. The van der Waals surface area contributed by atoms with E-state index in [1.54, 1.807) is 18.2 Å². The van der Waals surface area contributed by atoms with Gasteiger partial charge in [-0.1, -0.05) is 35.9 Å². The largest absolute Gasteiger partial charge is 0.492 e. The summed E-state index contributed by atoms with van der Waals surface area (Å²) >= 11 is 7.95. The van der Waals surface area contributed by atoms with Crippen LogP contribution in [-0.4, -0.2) is 29.2 Å². The van der Waals surface area contributed by atoms with Crippen molar-refractivity contribution in [3.63, 3.8) is 0 Å². The molecule has 1 aliphatic rings. The molecule has 0 aromatic heterocycles. The molecule has 36 heavy (non-hydrogen) atoms. The van der Waals surface area contributed by atoms with Crippen molar-refractivity contribution in [1.82, 2.24) is 4.90 Å². The lowest BCUT2D eigenvalue weighted by Crippen LogP contribution is -2.32. The molecular formula is C27H20Br2N2O4S. The number of rotatable bonds is 8. The smallest absolute Gasteiger partial charge is 0.293 e. The lowest BCUT2D eigenvalue weighted by molar-refractivity contribution is -0.123. The molecule has 4 rings (SSSR count). The molecule has 0 saturated carbocycles. The van der Waals surface area contributed by atoms with Crippen molar-refractivity contribution in [1.29, 1.82) is 5.26 Å². The number of carbonyl (C=O) groups is 2. The Morgan fingerprint density at radius 3 is 2.42 bits per heavy atom. The number of aryl methyl sites for hydroxylation is 1. The number of ether oxygens (including phenoxy) is 2. The third-order valence-corrected chi connectivity index (χ3v) is 7.39. The quantitative estimate of drug-likeness (QED) is 0.248. The Kier molecular flexibility index (Phi) is 8.52. The minimum atomic E-state index is -0.349. The second kappa shape index (κ2) is 11.8. The molecule has 0 unspecified atom stereocenters. The number of halogens is 2. The number of benzene rings is 3. The summed E-state index contributed by atoms with van der Waals surface area (Å²) < 4.78 is 13.0. The molecule has 0 aliphatic carbocycles. The first-order valence-electron chi connectivity index (χ1n) is 10.9. The zero-order valence-electron chi connectivity index (χ0n) is 19.2. The highest BCUT2D eigenvalue weighted by Gasteiger charge is 2.34. The van der Waals surface area contributed by atoms with Gasteiger partial charge in [0, 0.05) is 5.56 Å². The molecule has 182 valence electrons. The SMILES string of the molecule is Cc1ccc(OCCN2C(=O)S/C(=C\c3cc(Br)c(OCc4ccccc4C#N)c(Br)c3)C2=O)cc1. The van der Waals surface area contributed by atoms with Gasteiger partial charge in [-0.05, 0) is 92.5 Å². The average Bonchev–Trinajstić information content (AvgIpc) is 3.12. The van der Waals surface area contributed by atoms with Crippen molar-refractivity contribution < 1.29 is 19.1 Å². The topological polar surface area (TPSA) is 79.6 Å². The van der Waals surface area contributed by atoms with Crippen LogP contribution < -0.4 is 9.47 Å². The molecule has 1 saturated heterocycles. The number of imide groups is 1. The van der Waals surface area contributed by atoms with Gasteiger partial charge in [0.15, 0.2) is 0 Å². The Labute approximate surface area is 230 Å². The van der Waals surface area contributed by atoms with Crippen LogP contribution in [0.15, 0.2) is 74.5 Å². The Bertz CT molecular complexity index is 1360. The molecule has 6 nitrogen and oxygen atoms in total. The standard InChI is InChI=1S/C27H20Br2N2O4S/c1-17-6-8-21(9-7-17)34-11-10-31-26(32)24(36-27(31)33)14-18-12-22(28)25(23(29)13-18)35-16-20-5-3-2-4-19(20)15-30/h2-9,12-14H,10-11,16H2,1H3/b24-14-.